The largest absolute Gasteiger partial charge is 0.389 e. The Morgan fingerprint density at radius 1 is 1.38 bits per heavy atom. The zero-order valence-corrected chi connectivity index (χ0v) is 13.7. The van der Waals surface area contributed by atoms with E-state index in [9.17, 15) is 9.90 Å². The van der Waals surface area contributed by atoms with E-state index in [1.54, 1.807) is 31.9 Å². The van der Waals surface area contributed by atoms with Crippen LogP contribution in [0.4, 0.5) is 5.82 Å². The second-order valence-electron chi connectivity index (χ2n) is 5.86. The maximum atomic E-state index is 12.6. The predicted octanol–water partition coefficient (Wildman–Crippen LogP) is 2.31. The number of hydrogen-bond donors (Lipinski definition) is 2. The molecule has 1 amide bonds. The van der Waals surface area contributed by atoms with Gasteiger partial charge in [-0.05, 0) is 39.3 Å². The SMILES string of the molecule is CCCc1cc(C(=O)N(CC)CC(C)(C)O)cc(NC)n1. The number of nitrogens with zero attached hydrogens (tertiary/aromatic N) is 2. The van der Waals surface area contributed by atoms with Crippen LogP contribution >= 0.6 is 0 Å². The van der Waals surface area contributed by atoms with Gasteiger partial charge in [0.2, 0.25) is 0 Å². The lowest BCUT2D eigenvalue weighted by Crippen LogP contribution is -2.42. The highest BCUT2D eigenvalue weighted by atomic mass is 16.3. The zero-order valence-electron chi connectivity index (χ0n) is 13.7. The first-order chi connectivity index (χ1) is 9.80. The molecule has 0 unspecified atom stereocenters. The molecule has 118 valence electrons. The summed E-state index contributed by atoms with van der Waals surface area (Å²) in [5.74, 6) is 0.625. The van der Waals surface area contributed by atoms with Gasteiger partial charge in [0.15, 0.2) is 0 Å². The number of likely N-dealkylation sites (N-methyl/N-ethyl adjacent to an activating group) is 1. The molecule has 1 rings (SSSR count). The topological polar surface area (TPSA) is 65.5 Å². The fourth-order valence-corrected chi connectivity index (χ4v) is 2.20. The monoisotopic (exact) mass is 293 g/mol. The molecular weight excluding hydrogens is 266 g/mol. The van der Waals surface area contributed by atoms with Crippen LogP contribution in [0.5, 0.6) is 0 Å². The highest BCUT2D eigenvalue weighted by Crippen LogP contribution is 2.15. The molecule has 1 aromatic rings. The Labute approximate surface area is 127 Å². The number of anilines is 1. The number of amides is 1. The van der Waals surface area contributed by atoms with Gasteiger partial charge in [-0.2, -0.15) is 0 Å². The van der Waals surface area contributed by atoms with Crippen molar-refractivity contribution in [2.24, 2.45) is 0 Å². The van der Waals surface area contributed by atoms with E-state index in [2.05, 4.69) is 17.2 Å². The molecule has 1 aromatic heterocycles. The third-order valence-corrected chi connectivity index (χ3v) is 3.13. The van der Waals surface area contributed by atoms with Crippen LogP contribution in [0.15, 0.2) is 12.1 Å². The van der Waals surface area contributed by atoms with Crippen LogP contribution < -0.4 is 5.32 Å². The van der Waals surface area contributed by atoms with Gasteiger partial charge in [0.05, 0.1) is 5.60 Å². The lowest BCUT2D eigenvalue weighted by Gasteiger charge is -2.28. The van der Waals surface area contributed by atoms with Gasteiger partial charge in [-0.25, -0.2) is 4.98 Å². The molecule has 21 heavy (non-hydrogen) atoms. The van der Waals surface area contributed by atoms with Crippen LogP contribution in [0.2, 0.25) is 0 Å². The van der Waals surface area contributed by atoms with E-state index in [0.29, 0.717) is 24.5 Å². The lowest BCUT2D eigenvalue weighted by molar-refractivity contribution is 0.0314. The average molecular weight is 293 g/mol. The third-order valence-electron chi connectivity index (χ3n) is 3.13. The van der Waals surface area contributed by atoms with Crippen LogP contribution in [-0.4, -0.2) is 46.6 Å². The van der Waals surface area contributed by atoms with Gasteiger partial charge >= 0.3 is 0 Å². The van der Waals surface area contributed by atoms with Crippen molar-refractivity contribution in [3.05, 3.63) is 23.4 Å². The van der Waals surface area contributed by atoms with Crippen molar-refractivity contribution in [2.75, 3.05) is 25.5 Å². The van der Waals surface area contributed by atoms with Crippen LogP contribution in [0.25, 0.3) is 0 Å². The molecule has 1 heterocycles. The molecule has 0 saturated heterocycles. The summed E-state index contributed by atoms with van der Waals surface area (Å²) in [6, 6.07) is 3.61. The summed E-state index contributed by atoms with van der Waals surface area (Å²) < 4.78 is 0. The molecule has 0 aliphatic rings. The van der Waals surface area contributed by atoms with Crippen LogP contribution in [0, 0.1) is 0 Å². The second-order valence-corrected chi connectivity index (χ2v) is 5.86. The van der Waals surface area contributed by atoms with Crippen LogP contribution in [0.3, 0.4) is 0 Å². The van der Waals surface area contributed by atoms with Gasteiger partial charge in [-0.15, -0.1) is 0 Å². The molecule has 0 spiro atoms. The van der Waals surface area contributed by atoms with E-state index < -0.39 is 5.60 Å². The maximum absolute atomic E-state index is 12.6. The van der Waals surface area contributed by atoms with Gasteiger partial charge in [0.1, 0.15) is 5.82 Å². The quantitative estimate of drug-likeness (QED) is 0.809. The summed E-state index contributed by atoms with van der Waals surface area (Å²) in [6.45, 7) is 8.28. The first kappa shape index (κ1) is 17.4. The molecule has 0 aliphatic carbocycles. The van der Waals surface area contributed by atoms with E-state index in [1.165, 1.54) is 0 Å². The van der Waals surface area contributed by atoms with E-state index in [0.717, 1.165) is 18.5 Å². The van der Waals surface area contributed by atoms with Crippen molar-refractivity contribution in [3.63, 3.8) is 0 Å². The Bertz CT molecular complexity index is 481. The summed E-state index contributed by atoms with van der Waals surface area (Å²) in [4.78, 5) is 18.7. The van der Waals surface area contributed by atoms with Crippen molar-refractivity contribution >= 4 is 11.7 Å². The van der Waals surface area contributed by atoms with E-state index >= 15 is 0 Å². The molecular formula is C16H27N3O2. The summed E-state index contributed by atoms with van der Waals surface area (Å²) in [7, 11) is 1.79. The summed E-state index contributed by atoms with van der Waals surface area (Å²) in [6.07, 6.45) is 1.82. The molecule has 2 N–H and O–H groups in total. The van der Waals surface area contributed by atoms with Crippen molar-refractivity contribution in [1.29, 1.82) is 0 Å². The summed E-state index contributed by atoms with van der Waals surface area (Å²) in [5, 5.41) is 12.9. The standard InChI is InChI=1S/C16H27N3O2/c1-6-8-13-9-12(10-14(17-5)18-13)15(20)19(7-2)11-16(3,4)21/h9-10,21H,6-8,11H2,1-5H3,(H,17,18). The van der Waals surface area contributed by atoms with Gasteiger partial charge in [-0.1, -0.05) is 13.3 Å². The van der Waals surface area contributed by atoms with E-state index in [4.69, 9.17) is 0 Å². The number of carbonyl (C=O) groups excluding carboxylic acids is 1. The van der Waals surface area contributed by atoms with E-state index in [-0.39, 0.29) is 5.91 Å². The molecule has 0 radical (unpaired) electrons. The van der Waals surface area contributed by atoms with Crippen molar-refractivity contribution in [1.82, 2.24) is 9.88 Å². The minimum atomic E-state index is -0.906. The highest BCUT2D eigenvalue weighted by Gasteiger charge is 2.23. The Hall–Kier alpha value is -1.62. The molecule has 0 bridgehead atoms. The average Bonchev–Trinajstić information content (AvgIpc) is 2.43. The van der Waals surface area contributed by atoms with Gasteiger partial charge in [0.25, 0.3) is 5.91 Å². The Morgan fingerprint density at radius 3 is 2.52 bits per heavy atom. The smallest absolute Gasteiger partial charge is 0.254 e. The highest BCUT2D eigenvalue weighted by molar-refractivity contribution is 5.95. The number of aromatic nitrogens is 1. The number of aliphatic hydroxyl groups is 1. The van der Waals surface area contributed by atoms with Gasteiger partial charge < -0.3 is 15.3 Å². The van der Waals surface area contributed by atoms with Crippen molar-refractivity contribution in [2.45, 2.75) is 46.1 Å². The third kappa shape index (κ3) is 5.34. The number of hydrogen-bond acceptors (Lipinski definition) is 4. The first-order valence-electron chi connectivity index (χ1n) is 7.51. The summed E-state index contributed by atoms with van der Waals surface area (Å²) in [5.41, 5.74) is 0.618. The maximum Gasteiger partial charge on any atom is 0.254 e. The molecule has 0 atom stereocenters. The molecule has 0 aromatic carbocycles. The second kappa shape index (κ2) is 7.41. The fraction of sp³-hybridized carbons (Fsp3) is 0.625. The van der Waals surface area contributed by atoms with Crippen molar-refractivity contribution < 1.29 is 9.90 Å². The molecule has 5 nitrogen and oxygen atoms in total. The van der Waals surface area contributed by atoms with E-state index in [1.807, 2.05) is 13.0 Å². The Morgan fingerprint density at radius 2 is 2.05 bits per heavy atom. The van der Waals surface area contributed by atoms with Gasteiger partial charge in [0, 0.05) is 31.4 Å². The number of nitrogens with one attached hydrogen (secondary N) is 1. The fourth-order valence-electron chi connectivity index (χ4n) is 2.20. The molecule has 0 saturated carbocycles. The van der Waals surface area contributed by atoms with Crippen molar-refractivity contribution in [3.8, 4) is 0 Å². The Balaban J connectivity index is 3.06. The van der Waals surface area contributed by atoms with Gasteiger partial charge in [-0.3, -0.25) is 4.79 Å². The minimum absolute atomic E-state index is 0.0733. The summed E-state index contributed by atoms with van der Waals surface area (Å²) >= 11 is 0. The number of carbonyl (C=O) groups is 1. The molecule has 0 aliphatic heterocycles. The predicted molar refractivity (Wildman–Crippen MR) is 85.7 cm³/mol. The van der Waals surface area contributed by atoms with Crippen LogP contribution in [0.1, 0.15) is 50.2 Å². The lowest BCUT2D eigenvalue weighted by atomic mass is 10.1. The normalized spacial score (nSPS) is 11.3. The number of rotatable bonds is 7. The minimum Gasteiger partial charge on any atom is -0.389 e. The first-order valence-corrected chi connectivity index (χ1v) is 7.51. The molecule has 5 heteroatoms. The zero-order chi connectivity index (χ0) is 16.0. The van der Waals surface area contributed by atoms with Crippen LogP contribution in [-0.2, 0) is 6.42 Å². The Kier molecular flexibility index (Phi) is 6.15. The number of pyridine rings is 1. The molecule has 0 fully saturated rings. The number of aryl methyl sites for hydroxylation is 1.